The van der Waals surface area contributed by atoms with Crippen LogP contribution in [0.4, 0.5) is 5.69 Å². The highest BCUT2D eigenvalue weighted by Gasteiger charge is 2.24. The molecule has 0 aliphatic rings. The van der Waals surface area contributed by atoms with Crippen molar-refractivity contribution in [3.8, 4) is 0 Å². The number of amides is 1. The number of carbonyl (C=O) groups excluding carboxylic acids is 1. The quantitative estimate of drug-likeness (QED) is 0.674. The fourth-order valence-corrected chi connectivity index (χ4v) is 4.11. The Balaban J connectivity index is 2.08. The van der Waals surface area contributed by atoms with Gasteiger partial charge in [-0.1, -0.05) is 30.3 Å². The molecule has 0 bridgehead atoms. The molecule has 7 heteroatoms. The van der Waals surface area contributed by atoms with Crippen LogP contribution in [0.25, 0.3) is 0 Å². The van der Waals surface area contributed by atoms with E-state index in [0.29, 0.717) is 11.3 Å². The van der Waals surface area contributed by atoms with Gasteiger partial charge < -0.3 is 11.1 Å². The molecule has 2 rings (SSSR count). The molecule has 0 saturated carbocycles. The van der Waals surface area contributed by atoms with Crippen molar-refractivity contribution in [2.24, 2.45) is 0 Å². The first-order valence-corrected chi connectivity index (χ1v) is 9.78. The van der Waals surface area contributed by atoms with E-state index in [2.05, 4.69) is 10.0 Å². The maximum Gasteiger partial charge on any atom is 0.241 e. The van der Waals surface area contributed by atoms with Crippen molar-refractivity contribution >= 4 is 21.6 Å². The number of anilines is 1. The highest BCUT2D eigenvalue weighted by atomic mass is 32.2. The van der Waals surface area contributed by atoms with Crippen molar-refractivity contribution in [1.29, 1.82) is 0 Å². The second-order valence-corrected chi connectivity index (χ2v) is 8.81. The zero-order chi connectivity index (χ0) is 19.4. The standard InChI is InChI=1S/C19H25N3O3S/c1-19(2,3)22-26(24,25)17-7-5-4-6-15(17)13-21-18(23)12-14-8-10-16(20)11-9-14/h4-11,22H,12-13,20H2,1-3H3,(H,21,23). The molecule has 0 saturated heterocycles. The van der Waals surface area contributed by atoms with Gasteiger partial charge in [-0.15, -0.1) is 0 Å². The molecule has 140 valence electrons. The number of carbonyl (C=O) groups is 1. The minimum Gasteiger partial charge on any atom is -0.399 e. The maximum absolute atomic E-state index is 12.6. The van der Waals surface area contributed by atoms with E-state index in [1.165, 1.54) is 6.07 Å². The Hall–Kier alpha value is -2.38. The summed E-state index contributed by atoms with van der Waals surface area (Å²) in [6.07, 6.45) is 0.204. The molecule has 0 fully saturated rings. The molecule has 0 heterocycles. The average Bonchev–Trinajstić information content (AvgIpc) is 2.53. The third-order valence-corrected chi connectivity index (χ3v) is 5.38. The molecule has 2 aromatic rings. The van der Waals surface area contributed by atoms with Crippen LogP contribution in [0.2, 0.25) is 0 Å². The Morgan fingerprint density at radius 2 is 1.65 bits per heavy atom. The number of nitrogens with two attached hydrogens (primary N) is 1. The molecule has 1 amide bonds. The predicted octanol–water partition coefficient (Wildman–Crippen LogP) is 2.20. The third-order valence-electron chi connectivity index (χ3n) is 3.52. The Morgan fingerprint density at radius 3 is 2.27 bits per heavy atom. The first-order chi connectivity index (χ1) is 12.1. The lowest BCUT2D eigenvalue weighted by molar-refractivity contribution is -0.120. The first-order valence-electron chi connectivity index (χ1n) is 8.30. The Kier molecular flexibility index (Phi) is 6.05. The highest BCUT2D eigenvalue weighted by molar-refractivity contribution is 7.89. The van der Waals surface area contributed by atoms with Gasteiger partial charge in [0, 0.05) is 17.8 Å². The van der Waals surface area contributed by atoms with E-state index < -0.39 is 15.6 Å². The molecule has 0 aromatic heterocycles. The lowest BCUT2D eigenvalue weighted by Crippen LogP contribution is -2.41. The summed E-state index contributed by atoms with van der Waals surface area (Å²) >= 11 is 0. The molecular formula is C19H25N3O3S. The second-order valence-electron chi connectivity index (χ2n) is 7.16. The Labute approximate surface area is 154 Å². The molecule has 0 aliphatic carbocycles. The van der Waals surface area contributed by atoms with E-state index in [1.54, 1.807) is 63.2 Å². The van der Waals surface area contributed by atoms with Gasteiger partial charge in [0.15, 0.2) is 0 Å². The molecule has 2 aromatic carbocycles. The third kappa shape index (κ3) is 5.86. The fraction of sp³-hybridized carbons (Fsp3) is 0.316. The van der Waals surface area contributed by atoms with Crippen molar-refractivity contribution in [3.63, 3.8) is 0 Å². The monoisotopic (exact) mass is 375 g/mol. The van der Waals surface area contributed by atoms with Gasteiger partial charge >= 0.3 is 0 Å². The first kappa shape index (κ1) is 19.9. The van der Waals surface area contributed by atoms with Crippen LogP contribution in [-0.2, 0) is 27.8 Å². The van der Waals surface area contributed by atoms with E-state index in [0.717, 1.165) is 5.56 Å². The minimum absolute atomic E-state index is 0.134. The van der Waals surface area contributed by atoms with Crippen LogP contribution in [0.1, 0.15) is 31.9 Å². The average molecular weight is 375 g/mol. The molecule has 0 spiro atoms. The molecule has 26 heavy (non-hydrogen) atoms. The van der Waals surface area contributed by atoms with Crippen LogP contribution in [0.3, 0.4) is 0 Å². The van der Waals surface area contributed by atoms with Crippen LogP contribution in [0.5, 0.6) is 0 Å². The van der Waals surface area contributed by atoms with E-state index in [1.807, 2.05) is 0 Å². The topological polar surface area (TPSA) is 101 Å². The molecule has 0 aliphatic heterocycles. The highest BCUT2D eigenvalue weighted by Crippen LogP contribution is 2.17. The lowest BCUT2D eigenvalue weighted by atomic mass is 10.1. The van der Waals surface area contributed by atoms with Gasteiger partial charge in [0.2, 0.25) is 15.9 Å². The van der Waals surface area contributed by atoms with Gasteiger partial charge in [0.05, 0.1) is 11.3 Å². The van der Waals surface area contributed by atoms with Crippen molar-refractivity contribution in [1.82, 2.24) is 10.0 Å². The summed E-state index contributed by atoms with van der Waals surface area (Å²) in [5.74, 6) is -0.189. The molecule has 0 atom stereocenters. The predicted molar refractivity (Wildman–Crippen MR) is 103 cm³/mol. The molecular weight excluding hydrogens is 350 g/mol. The summed E-state index contributed by atoms with van der Waals surface area (Å²) in [5, 5.41) is 2.77. The van der Waals surface area contributed by atoms with Gasteiger partial charge in [0.25, 0.3) is 0 Å². The van der Waals surface area contributed by atoms with Gasteiger partial charge in [0.1, 0.15) is 0 Å². The van der Waals surface area contributed by atoms with E-state index >= 15 is 0 Å². The van der Waals surface area contributed by atoms with Crippen LogP contribution < -0.4 is 15.8 Å². The molecule has 0 radical (unpaired) electrons. The zero-order valence-electron chi connectivity index (χ0n) is 15.2. The van der Waals surface area contributed by atoms with Gasteiger partial charge in [-0.05, 0) is 50.1 Å². The van der Waals surface area contributed by atoms with Gasteiger partial charge in [-0.3, -0.25) is 4.79 Å². The van der Waals surface area contributed by atoms with Crippen molar-refractivity contribution in [2.45, 2.75) is 44.2 Å². The lowest BCUT2D eigenvalue weighted by Gasteiger charge is -2.21. The van der Waals surface area contributed by atoms with Crippen molar-refractivity contribution < 1.29 is 13.2 Å². The minimum atomic E-state index is -3.68. The zero-order valence-corrected chi connectivity index (χ0v) is 16.1. The number of sulfonamides is 1. The largest absolute Gasteiger partial charge is 0.399 e. The van der Waals surface area contributed by atoms with Crippen LogP contribution in [0.15, 0.2) is 53.4 Å². The summed E-state index contributed by atoms with van der Waals surface area (Å²) in [5.41, 5.74) is 7.05. The Bertz CT molecular complexity index is 870. The number of nitrogen functional groups attached to an aromatic ring is 1. The van der Waals surface area contributed by atoms with E-state index in [9.17, 15) is 13.2 Å². The van der Waals surface area contributed by atoms with E-state index in [4.69, 9.17) is 5.73 Å². The van der Waals surface area contributed by atoms with Gasteiger partial charge in [-0.25, -0.2) is 13.1 Å². The Morgan fingerprint density at radius 1 is 1.04 bits per heavy atom. The summed E-state index contributed by atoms with van der Waals surface area (Å²) in [4.78, 5) is 12.3. The molecule has 6 nitrogen and oxygen atoms in total. The SMILES string of the molecule is CC(C)(C)NS(=O)(=O)c1ccccc1CNC(=O)Cc1ccc(N)cc1. The van der Waals surface area contributed by atoms with Crippen LogP contribution >= 0.6 is 0 Å². The summed E-state index contributed by atoms with van der Waals surface area (Å²) in [6, 6.07) is 13.7. The number of hydrogen-bond acceptors (Lipinski definition) is 4. The van der Waals surface area contributed by atoms with Crippen molar-refractivity contribution in [3.05, 3.63) is 59.7 Å². The number of rotatable bonds is 6. The summed E-state index contributed by atoms with van der Waals surface area (Å²) in [7, 11) is -3.68. The van der Waals surface area contributed by atoms with Crippen LogP contribution in [0, 0.1) is 0 Å². The fourth-order valence-electron chi connectivity index (χ4n) is 2.45. The molecule has 0 unspecified atom stereocenters. The van der Waals surface area contributed by atoms with E-state index in [-0.39, 0.29) is 23.8 Å². The smallest absolute Gasteiger partial charge is 0.241 e. The van der Waals surface area contributed by atoms with Crippen LogP contribution in [-0.4, -0.2) is 19.9 Å². The summed E-state index contributed by atoms with van der Waals surface area (Å²) in [6.45, 7) is 5.47. The maximum atomic E-state index is 12.6. The number of benzene rings is 2. The van der Waals surface area contributed by atoms with Crippen molar-refractivity contribution in [2.75, 3.05) is 5.73 Å². The second kappa shape index (κ2) is 7.88. The number of nitrogens with one attached hydrogen (secondary N) is 2. The normalized spacial score (nSPS) is 12.0. The van der Waals surface area contributed by atoms with Gasteiger partial charge in [-0.2, -0.15) is 0 Å². The summed E-state index contributed by atoms with van der Waals surface area (Å²) < 4.78 is 27.8. The number of hydrogen-bond donors (Lipinski definition) is 3. The molecule has 4 N–H and O–H groups in total.